The molecule has 0 saturated carbocycles. The Kier molecular flexibility index (Phi) is 5.46. The van der Waals surface area contributed by atoms with E-state index < -0.39 is 0 Å². The van der Waals surface area contributed by atoms with E-state index >= 15 is 0 Å². The monoisotopic (exact) mass is 371 g/mol. The number of amides is 1. The highest BCUT2D eigenvalue weighted by atomic mass is 79.9. The second-order valence-electron chi connectivity index (χ2n) is 4.25. The summed E-state index contributed by atoms with van der Waals surface area (Å²) >= 11 is 15.2. The fraction of sp³-hybridized carbons (Fsp3) is 0.133. The average Bonchev–Trinajstić information content (AvgIpc) is 2.44. The van der Waals surface area contributed by atoms with Crippen molar-refractivity contribution in [2.45, 2.75) is 6.04 Å². The molecule has 0 bridgehead atoms. The molecule has 2 rings (SSSR count). The zero-order valence-electron chi connectivity index (χ0n) is 10.4. The largest absolute Gasteiger partial charge is 0.344 e. The molecule has 1 atom stereocenters. The SMILES string of the molecule is O=C(NC(CCl)c1ccccc1)c1cc(Cl)cc(Br)c1. The Morgan fingerprint density at radius 3 is 2.50 bits per heavy atom. The van der Waals surface area contributed by atoms with E-state index in [1.807, 2.05) is 30.3 Å². The predicted octanol–water partition coefficient (Wildman–Crippen LogP) is 4.81. The Morgan fingerprint density at radius 2 is 1.90 bits per heavy atom. The predicted molar refractivity (Wildman–Crippen MR) is 86.5 cm³/mol. The summed E-state index contributed by atoms with van der Waals surface area (Å²) in [5.41, 5.74) is 1.47. The molecule has 0 saturated heterocycles. The van der Waals surface area contributed by atoms with Crippen molar-refractivity contribution in [3.63, 3.8) is 0 Å². The van der Waals surface area contributed by atoms with Crippen molar-refractivity contribution in [3.8, 4) is 0 Å². The van der Waals surface area contributed by atoms with Crippen LogP contribution in [-0.2, 0) is 0 Å². The van der Waals surface area contributed by atoms with E-state index in [0.717, 1.165) is 10.0 Å². The minimum atomic E-state index is -0.233. The van der Waals surface area contributed by atoms with Crippen molar-refractivity contribution >= 4 is 45.0 Å². The molecule has 1 N–H and O–H groups in total. The van der Waals surface area contributed by atoms with Crippen molar-refractivity contribution in [2.75, 3.05) is 5.88 Å². The van der Waals surface area contributed by atoms with Gasteiger partial charge in [0, 0.05) is 20.9 Å². The van der Waals surface area contributed by atoms with E-state index in [1.54, 1.807) is 18.2 Å². The van der Waals surface area contributed by atoms with E-state index in [0.29, 0.717) is 16.5 Å². The molecule has 0 radical (unpaired) electrons. The van der Waals surface area contributed by atoms with Crippen LogP contribution in [0.5, 0.6) is 0 Å². The zero-order valence-corrected chi connectivity index (χ0v) is 13.5. The highest BCUT2D eigenvalue weighted by molar-refractivity contribution is 9.10. The Bertz CT molecular complexity index is 584. The first-order chi connectivity index (χ1) is 9.60. The lowest BCUT2D eigenvalue weighted by molar-refractivity contribution is 0.0940. The number of rotatable bonds is 4. The van der Waals surface area contributed by atoms with Crippen molar-refractivity contribution < 1.29 is 4.79 Å². The molecule has 104 valence electrons. The van der Waals surface area contributed by atoms with Crippen LogP contribution in [0.15, 0.2) is 53.0 Å². The van der Waals surface area contributed by atoms with Crippen molar-refractivity contribution in [1.29, 1.82) is 0 Å². The first-order valence-electron chi connectivity index (χ1n) is 5.98. The maximum atomic E-state index is 12.2. The summed E-state index contributed by atoms with van der Waals surface area (Å²) in [6.07, 6.45) is 0. The molecule has 0 fully saturated rings. The number of alkyl halides is 1. The van der Waals surface area contributed by atoms with Gasteiger partial charge in [0.2, 0.25) is 0 Å². The summed E-state index contributed by atoms with van der Waals surface area (Å²) in [5, 5.41) is 3.41. The standard InChI is InChI=1S/C15H12BrCl2NO/c16-12-6-11(7-13(18)8-12)15(20)19-14(9-17)10-4-2-1-3-5-10/h1-8,14H,9H2,(H,19,20). The van der Waals surface area contributed by atoms with Crippen LogP contribution in [-0.4, -0.2) is 11.8 Å². The van der Waals surface area contributed by atoms with Gasteiger partial charge in [-0.2, -0.15) is 0 Å². The van der Waals surface area contributed by atoms with E-state index in [1.165, 1.54) is 0 Å². The number of halogens is 3. The minimum absolute atomic E-state index is 0.206. The molecule has 2 nitrogen and oxygen atoms in total. The Hall–Kier alpha value is -1.03. The summed E-state index contributed by atoms with van der Waals surface area (Å²) < 4.78 is 0.761. The third-order valence-corrected chi connectivity index (χ3v) is 3.77. The summed E-state index contributed by atoms with van der Waals surface area (Å²) in [5.74, 6) is 0.0972. The molecular weight excluding hydrogens is 361 g/mol. The quantitative estimate of drug-likeness (QED) is 0.766. The van der Waals surface area contributed by atoms with Gasteiger partial charge in [0.25, 0.3) is 5.91 Å². The molecule has 2 aromatic rings. The highest BCUT2D eigenvalue weighted by Crippen LogP contribution is 2.21. The summed E-state index contributed by atoms with van der Waals surface area (Å²) in [4.78, 5) is 12.2. The van der Waals surface area contributed by atoms with Crippen LogP contribution in [0, 0.1) is 0 Å². The molecule has 5 heteroatoms. The van der Waals surface area contributed by atoms with Crippen LogP contribution in [0.2, 0.25) is 5.02 Å². The molecular formula is C15H12BrCl2NO. The van der Waals surface area contributed by atoms with Gasteiger partial charge in [-0.05, 0) is 23.8 Å². The smallest absolute Gasteiger partial charge is 0.251 e. The maximum Gasteiger partial charge on any atom is 0.251 e. The van der Waals surface area contributed by atoms with Gasteiger partial charge in [-0.3, -0.25) is 4.79 Å². The van der Waals surface area contributed by atoms with Crippen LogP contribution in [0.3, 0.4) is 0 Å². The first kappa shape index (κ1) is 15.4. The molecule has 20 heavy (non-hydrogen) atoms. The number of hydrogen-bond acceptors (Lipinski definition) is 1. The molecule has 0 heterocycles. The average molecular weight is 373 g/mol. The van der Waals surface area contributed by atoms with Crippen molar-refractivity contribution in [2.24, 2.45) is 0 Å². The zero-order chi connectivity index (χ0) is 14.5. The second kappa shape index (κ2) is 7.11. The summed E-state index contributed by atoms with van der Waals surface area (Å²) in [6.45, 7) is 0. The molecule has 2 aromatic carbocycles. The number of carbonyl (C=O) groups excluding carboxylic acids is 1. The van der Waals surface area contributed by atoms with Gasteiger partial charge in [-0.15, -0.1) is 11.6 Å². The summed E-state index contributed by atoms with van der Waals surface area (Å²) in [7, 11) is 0. The van der Waals surface area contributed by atoms with Gasteiger partial charge in [0.05, 0.1) is 6.04 Å². The third kappa shape index (κ3) is 3.98. The van der Waals surface area contributed by atoms with Crippen LogP contribution in [0.25, 0.3) is 0 Å². The van der Waals surface area contributed by atoms with E-state index in [-0.39, 0.29) is 11.9 Å². The topological polar surface area (TPSA) is 29.1 Å². The Labute approximate surface area is 136 Å². The second-order valence-corrected chi connectivity index (χ2v) is 5.91. The van der Waals surface area contributed by atoms with E-state index in [9.17, 15) is 4.79 Å². The molecule has 1 unspecified atom stereocenters. The first-order valence-corrected chi connectivity index (χ1v) is 7.68. The van der Waals surface area contributed by atoms with Gasteiger partial charge < -0.3 is 5.32 Å². The van der Waals surface area contributed by atoms with E-state index in [2.05, 4.69) is 21.2 Å². The van der Waals surface area contributed by atoms with Gasteiger partial charge in [0.1, 0.15) is 0 Å². The van der Waals surface area contributed by atoms with Gasteiger partial charge in [0.15, 0.2) is 0 Å². The lowest BCUT2D eigenvalue weighted by Crippen LogP contribution is -2.29. The van der Waals surface area contributed by atoms with Crippen LogP contribution >= 0.6 is 39.1 Å². The maximum absolute atomic E-state index is 12.2. The summed E-state index contributed by atoms with van der Waals surface area (Å²) in [6, 6.07) is 14.5. The molecule has 0 aliphatic heterocycles. The number of nitrogens with one attached hydrogen (secondary N) is 1. The lowest BCUT2D eigenvalue weighted by atomic mass is 10.1. The Morgan fingerprint density at radius 1 is 1.20 bits per heavy atom. The van der Waals surface area contributed by atoms with Crippen molar-refractivity contribution in [1.82, 2.24) is 5.32 Å². The van der Waals surface area contributed by atoms with Gasteiger partial charge in [-0.25, -0.2) is 0 Å². The van der Waals surface area contributed by atoms with Crippen LogP contribution in [0.4, 0.5) is 0 Å². The normalized spacial score (nSPS) is 11.9. The molecule has 1 amide bonds. The van der Waals surface area contributed by atoms with Gasteiger partial charge >= 0.3 is 0 Å². The third-order valence-electron chi connectivity index (χ3n) is 2.79. The molecule has 0 aromatic heterocycles. The highest BCUT2D eigenvalue weighted by Gasteiger charge is 2.15. The fourth-order valence-electron chi connectivity index (χ4n) is 1.82. The number of carbonyl (C=O) groups is 1. The van der Waals surface area contributed by atoms with Crippen molar-refractivity contribution in [3.05, 3.63) is 69.2 Å². The van der Waals surface area contributed by atoms with E-state index in [4.69, 9.17) is 23.2 Å². The Balaban J connectivity index is 2.17. The van der Waals surface area contributed by atoms with Crippen LogP contribution < -0.4 is 5.32 Å². The van der Waals surface area contributed by atoms with Gasteiger partial charge in [-0.1, -0.05) is 57.9 Å². The van der Waals surface area contributed by atoms with Crippen LogP contribution in [0.1, 0.15) is 22.0 Å². The number of hydrogen-bond donors (Lipinski definition) is 1. The molecule has 0 aliphatic rings. The minimum Gasteiger partial charge on any atom is -0.344 e. The number of benzene rings is 2. The molecule has 0 aliphatic carbocycles. The lowest BCUT2D eigenvalue weighted by Gasteiger charge is -2.16. The molecule has 0 spiro atoms. The fourth-order valence-corrected chi connectivity index (χ4v) is 2.94.